The van der Waals surface area contributed by atoms with Crippen molar-refractivity contribution in [1.82, 2.24) is 19.9 Å². The molecule has 0 fully saturated rings. The van der Waals surface area contributed by atoms with E-state index in [-0.39, 0.29) is 41.9 Å². The number of hydrogen-bond acceptors (Lipinski definition) is 8. The summed E-state index contributed by atoms with van der Waals surface area (Å²) < 4.78 is 15.3. The summed E-state index contributed by atoms with van der Waals surface area (Å²) in [6.45, 7) is 12.0. The normalized spacial score (nSPS) is 15.8. The Labute approximate surface area is 284 Å². The zero-order chi connectivity index (χ0) is 34.9. The van der Waals surface area contributed by atoms with Gasteiger partial charge in [0.05, 0.1) is 50.4 Å². The fourth-order valence-corrected chi connectivity index (χ4v) is 6.93. The van der Waals surface area contributed by atoms with Crippen LogP contribution in [0.2, 0.25) is 0 Å². The Morgan fingerprint density at radius 3 is 2.23 bits per heavy atom. The van der Waals surface area contributed by atoms with Crippen LogP contribution < -0.4 is 0 Å². The van der Waals surface area contributed by atoms with Crippen molar-refractivity contribution in [2.75, 3.05) is 27.2 Å². The number of aromatic amines is 2. The number of alkyl halides is 1. The van der Waals surface area contributed by atoms with Gasteiger partial charge in [-0.15, -0.1) is 11.6 Å². The van der Waals surface area contributed by atoms with Gasteiger partial charge in [-0.1, -0.05) is 19.6 Å². The molecule has 2 aliphatic rings. The zero-order valence-corrected chi connectivity index (χ0v) is 29.2. The first kappa shape index (κ1) is 34.6. The van der Waals surface area contributed by atoms with Crippen molar-refractivity contribution in [3.05, 3.63) is 75.4 Å². The molecular weight excluding hydrogens is 632 g/mol. The minimum absolute atomic E-state index is 0.138. The number of carbonyl (C=O) groups is 3. The highest BCUT2D eigenvalue weighted by Crippen LogP contribution is 2.44. The zero-order valence-electron chi connectivity index (χ0n) is 28.4. The van der Waals surface area contributed by atoms with E-state index in [1.807, 2.05) is 26.0 Å². The summed E-state index contributed by atoms with van der Waals surface area (Å²) in [6.07, 6.45) is 2.78. The molecule has 5 rings (SSSR count). The number of nitrogens with one attached hydrogen (secondary N) is 2. The molecule has 2 aliphatic heterocycles. The Morgan fingerprint density at radius 2 is 1.58 bits per heavy atom. The number of allylic oxidation sites excluding steroid dienone is 1. The van der Waals surface area contributed by atoms with Gasteiger partial charge in [0, 0.05) is 63.0 Å². The number of ether oxygens (including phenoxy) is 3. The minimum Gasteiger partial charge on any atom is -0.469 e. The molecule has 10 nitrogen and oxygen atoms in total. The summed E-state index contributed by atoms with van der Waals surface area (Å²) in [6, 6.07) is 5.97. The smallest absolute Gasteiger partial charge is 0.340 e. The summed E-state index contributed by atoms with van der Waals surface area (Å²) in [5, 5.41) is 0. The third-order valence-electron chi connectivity index (χ3n) is 9.55. The second-order valence-electron chi connectivity index (χ2n) is 12.1. The third-order valence-corrected chi connectivity index (χ3v) is 9.74. The topological polar surface area (TPSA) is 136 Å². The molecule has 0 spiro atoms. The Bertz CT molecular complexity index is 2020. The number of aryl methyl sites for hydroxylation is 3. The van der Waals surface area contributed by atoms with Crippen molar-refractivity contribution in [3.8, 4) is 0 Å². The lowest BCUT2D eigenvalue weighted by atomic mass is 9.84. The van der Waals surface area contributed by atoms with Crippen molar-refractivity contribution >= 4 is 68.8 Å². The molecule has 48 heavy (non-hydrogen) atoms. The van der Waals surface area contributed by atoms with Crippen molar-refractivity contribution in [2.45, 2.75) is 65.2 Å². The van der Waals surface area contributed by atoms with Gasteiger partial charge in [0.2, 0.25) is 0 Å². The quantitative estimate of drug-likeness (QED) is 0.141. The van der Waals surface area contributed by atoms with Crippen LogP contribution in [0, 0.1) is 13.8 Å². The van der Waals surface area contributed by atoms with Crippen molar-refractivity contribution in [2.24, 2.45) is 0 Å². The number of hydrogen-bond donors (Lipinski definition) is 2. The Hall–Kier alpha value is -4.70. The summed E-state index contributed by atoms with van der Waals surface area (Å²) in [5.41, 5.74) is 10.8. The number of methoxy groups -OCH3 is 3. The van der Waals surface area contributed by atoms with E-state index in [9.17, 15) is 14.4 Å². The SMILES string of the molecule is C=Cc1c(C)c2cc3[nH]c(cc4nc(c(CC(=O)OC)c5nc(cc1[nH]2)C(C)=C5C(=O)OC)[C@@H](CCC(=O)OC)[C@@H]4C)c(C)c3CCCl. The second-order valence-corrected chi connectivity index (χ2v) is 12.5. The minimum atomic E-state index is -0.592. The Morgan fingerprint density at radius 1 is 0.896 bits per heavy atom. The highest BCUT2D eigenvalue weighted by atomic mass is 35.5. The van der Waals surface area contributed by atoms with Gasteiger partial charge < -0.3 is 24.2 Å². The van der Waals surface area contributed by atoms with Crippen molar-refractivity contribution in [1.29, 1.82) is 0 Å². The number of H-pyrrole nitrogens is 2. The van der Waals surface area contributed by atoms with Crippen LogP contribution in [0.3, 0.4) is 0 Å². The molecule has 0 unspecified atom stereocenters. The standard InChI is InChI=1S/C37H41ClN4O6/c1-9-22-18(2)27-16-31-23(12-13-38)19(3)26(40-31)15-28-20(4)24(10-11-32(43)46-6)35(41-28)25(14-33(44)47-7)36-34(37(45)48-8)21(5)29(42-36)17-30(22)39-27/h9,15-17,20,24,39-40H,1,10-14H2,2-8H3/t20-,24-/m0/s1. The molecule has 11 heteroatoms. The third kappa shape index (κ3) is 6.29. The van der Waals surface area contributed by atoms with E-state index in [2.05, 4.69) is 29.5 Å². The van der Waals surface area contributed by atoms with Crippen LogP contribution in [-0.2, 0) is 41.4 Å². The number of nitrogens with zero attached hydrogens (tertiary/aromatic N) is 2. The molecule has 3 aromatic rings. The number of esters is 3. The molecule has 5 heterocycles. The van der Waals surface area contributed by atoms with Gasteiger partial charge in [-0.05, 0) is 74.1 Å². The van der Waals surface area contributed by atoms with E-state index in [0.29, 0.717) is 41.2 Å². The van der Waals surface area contributed by atoms with Crippen LogP contribution in [0.1, 0.15) is 89.1 Å². The van der Waals surface area contributed by atoms with Gasteiger partial charge in [0.1, 0.15) is 0 Å². The average molecular weight is 673 g/mol. The predicted molar refractivity (Wildman–Crippen MR) is 188 cm³/mol. The molecule has 2 N–H and O–H groups in total. The van der Waals surface area contributed by atoms with E-state index in [4.69, 9.17) is 35.8 Å². The molecule has 0 radical (unpaired) electrons. The molecule has 0 amide bonds. The predicted octanol–water partition coefficient (Wildman–Crippen LogP) is 7.02. The van der Waals surface area contributed by atoms with Gasteiger partial charge in [-0.2, -0.15) is 0 Å². The van der Waals surface area contributed by atoms with Crippen LogP contribution in [0.25, 0.3) is 39.3 Å². The van der Waals surface area contributed by atoms with Crippen LogP contribution >= 0.6 is 11.6 Å². The largest absolute Gasteiger partial charge is 0.469 e. The fraction of sp³-hybridized carbons (Fsp3) is 0.378. The Kier molecular flexibility index (Phi) is 10.2. The van der Waals surface area contributed by atoms with Crippen LogP contribution in [-0.4, -0.2) is 65.1 Å². The first-order valence-electron chi connectivity index (χ1n) is 15.9. The maximum Gasteiger partial charge on any atom is 0.340 e. The van der Waals surface area contributed by atoms with Crippen molar-refractivity contribution < 1.29 is 28.6 Å². The van der Waals surface area contributed by atoms with E-state index in [0.717, 1.165) is 50.0 Å². The van der Waals surface area contributed by atoms with E-state index in [1.54, 1.807) is 13.0 Å². The first-order chi connectivity index (χ1) is 23.0. The average Bonchev–Trinajstić information content (AvgIpc) is 3.75. The van der Waals surface area contributed by atoms with Crippen molar-refractivity contribution in [3.63, 3.8) is 0 Å². The molecule has 252 valence electrons. The summed E-state index contributed by atoms with van der Waals surface area (Å²) in [7, 11) is 3.97. The maximum atomic E-state index is 13.4. The summed E-state index contributed by atoms with van der Waals surface area (Å²) in [5.74, 6) is -1.49. The summed E-state index contributed by atoms with van der Waals surface area (Å²) >= 11 is 6.29. The summed E-state index contributed by atoms with van der Waals surface area (Å²) in [4.78, 5) is 56.1. The van der Waals surface area contributed by atoms with E-state index in [1.165, 1.54) is 21.3 Å². The second kappa shape index (κ2) is 14.2. The van der Waals surface area contributed by atoms with Gasteiger partial charge in [0.15, 0.2) is 0 Å². The lowest BCUT2D eigenvalue weighted by Gasteiger charge is -2.18. The Balaban J connectivity index is 2.02. The molecule has 0 aromatic carbocycles. The number of carbonyl (C=O) groups excluding carboxylic acids is 3. The monoisotopic (exact) mass is 672 g/mol. The van der Waals surface area contributed by atoms with Gasteiger partial charge in [-0.3, -0.25) is 14.6 Å². The number of aromatic nitrogens is 4. The van der Waals surface area contributed by atoms with Gasteiger partial charge in [0.25, 0.3) is 0 Å². The molecule has 0 aliphatic carbocycles. The van der Waals surface area contributed by atoms with Gasteiger partial charge in [-0.25, -0.2) is 9.78 Å². The lowest BCUT2D eigenvalue weighted by molar-refractivity contribution is -0.141. The maximum absolute atomic E-state index is 13.4. The number of rotatable bonds is 9. The van der Waals surface area contributed by atoms with E-state index >= 15 is 0 Å². The van der Waals surface area contributed by atoms with E-state index < -0.39 is 11.9 Å². The number of halogens is 1. The molecule has 0 saturated carbocycles. The molecule has 3 aromatic heterocycles. The lowest BCUT2D eigenvalue weighted by Crippen LogP contribution is -2.15. The highest BCUT2D eigenvalue weighted by molar-refractivity contribution is 6.25. The highest BCUT2D eigenvalue weighted by Gasteiger charge is 2.36. The number of fused-ring (bicyclic) bond motifs is 8. The fourth-order valence-electron chi connectivity index (χ4n) is 6.74. The van der Waals surface area contributed by atoms with Crippen LogP contribution in [0.4, 0.5) is 0 Å². The molecule has 0 saturated heterocycles. The van der Waals surface area contributed by atoms with Gasteiger partial charge >= 0.3 is 17.9 Å². The molecule has 2 atom stereocenters. The molecular formula is C37H41ClN4O6. The molecule has 8 bridgehead atoms. The van der Waals surface area contributed by atoms with Crippen LogP contribution in [0.15, 0.2) is 24.8 Å². The van der Waals surface area contributed by atoms with Crippen LogP contribution in [0.5, 0.6) is 0 Å². The first-order valence-corrected chi connectivity index (χ1v) is 16.4.